The zero-order valence-corrected chi connectivity index (χ0v) is 22.2. The topological polar surface area (TPSA) is 86.7 Å². The number of aromatic nitrogens is 1. The number of fused-ring (bicyclic) bond motifs is 2. The van der Waals surface area contributed by atoms with Crippen LogP contribution in [0.4, 0.5) is 20.6 Å². The van der Waals surface area contributed by atoms with Crippen molar-refractivity contribution in [3.63, 3.8) is 0 Å². The molecule has 202 valence electrons. The molecule has 5 aromatic rings. The first-order valence-corrected chi connectivity index (χ1v) is 13.2. The standard InChI is InChI=1S/C33H26FN5O2/c1-21-9-8-11-23(19-21)36-33(41)38-31-32(40)39(20-24-18-17-22-10-2-6-15-28(22)35-24)29-16-7-4-13-26(29)30(37-31)25-12-3-5-14-27(25)34/h2-19,31H,20H2,1H3,(H2,36,38,41)/t31-/m0/s1. The van der Waals surface area contributed by atoms with Gasteiger partial charge in [-0.3, -0.25) is 9.78 Å². The number of amides is 3. The summed E-state index contributed by atoms with van der Waals surface area (Å²) >= 11 is 0. The highest BCUT2D eigenvalue weighted by Crippen LogP contribution is 2.30. The largest absolute Gasteiger partial charge is 0.321 e. The number of nitrogens with zero attached hydrogens (tertiary/aromatic N) is 3. The van der Waals surface area contributed by atoms with Gasteiger partial charge in [0.15, 0.2) is 0 Å². The number of carbonyl (C=O) groups is 2. The molecule has 1 atom stereocenters. The zero-order chi connectivity index (χ0) is 28.3. The Morgan fingerprint density at radius 1 is 0.878 bits per heavy atom. The van der Waals surface area contributed by atoms with Crippen LogP contribution in [0, 0.1) is 12.7 Å². The summed E-state index contributed by atoms with van der Waals surface area (Å²) in [6.45, 7) is 2.04. The summed E-state index contributed by atoms with van der Waals surface area (Å²) in [7, 11) is 0. The van der Waals surface area contributed by atoms with E-state index in [0.29, 0.717) is 22.6 Å². The second kappa shape index (κ2) is 11.0. The molecule has 8 heteroatoms. The fourth-order valence-electron chi connectivity index (χ4n) is 4.93. The van der Waals surface area contributed by atoms with Crippen molar-refractivity contribution in [3.05, 3.63) is 137 Å². The quantitative estimate of drug-likeness (QED) is 0.276. The fourth-order valence-corrected chi connectivity index (χ4v) is 4.93. The van der Waals surface area contributed by atoms with Crippen LogP contribution in [0.25, 0.3) is 10.9 Å². The van der Waals surface area contributed by atoms with Crippen LogP contribution in [0.3, 0.4) is 0 Å². The van der Waals surface area contributed by atoms with E-state index in [1.54, 1.807) is 41.3 Å². The van der Waals surface area contributed by atoms with Gasteiger partial charge in [0.05, 0.1) is 29.2 Å². The van der Waals surface area contributed by atoms with Crippen molar-refractivity contribution in [2.75, 3.05) is 10.2 Å². The van der Waals surface area contributed by atoms with E-state index in [1.807, 2.05) is 73.7 Å². The number of halogens is 1. The maximum Gasteiger partial charge on any atom is 0.321 e. The molecular weight excluding hydrogens is 517 g/mol. The Morgan fingerprint density at radius 2 is 1.63 bits per heavy atom. The number of aliphatic imine (C=N–C) groups is 1. The van der Waals surface area contributed by atoms with E-state index >= 15 is 4.39 Å². The summed E-state index contributed by atoms with van der Waals surface area (Å²) in [6.07, 6.45) is -1.33. The molecular formula is C33H26FN5O2. The molecule has 1 aromatic heterocycles. The number of benzene rings is 4. The SMILES string of the molecule is Cc1cccc(NC(=O)N[C@@H]2N=C(c3ccccc3F)c3ccccc3N(Cc3ccc4ccccc4n3)C2=O)c1. The minimum absolute atomic E-state index is 0.123. The smallest absolute Gasteiger partial charge is 0.308 e. The van der Waals surface area contributed by atoms with Crippen LogP contribution in [0.15, 0.2) is 114 Å². The van der Waals surface area contributed by atoms with Gasteiger partial charge in [-0.15, -0.1) is 0 Å². The van der Waals surface area contributed by atoms with E-state index in [2.05, 4.69) is 15.6 Å². The normalized spacial score (nSPS) is 14.7. The summed E-state index contributed by atoms with van der Waals surface area (Å²) < 4.78 is 15.1. The van der Waals surface area contributed by atoms with Crippen molar-refractivity contribution >= 4 is 39.9 Å². The minimum atomic E-state index is -1.33. The van der Waals surface area contributed by atoms with Crippen molar-refractivity contribution < 1.29 is 14.0 Å². The Balaban J connectivity index is 1.42. The van der Waals surface area contributed by atoms with E-state index in [4.69, 9.17) is 4.98 Å². The molecule has 0 unspecified atom stereocenters. The number of rotatable bonds is 5. The predicted octanol–water partition coefficient (Wildman–Crippen LogP) is 6.21. The molecule has 0 radical (unpaired) electrons. The van der Waals surface area contributed by atoms with Crippen molar-refractivity contribution in [2.24, 2.45) is 4.99 Å². The maximum absolute atomic E-state index is 15.1. The molecule has 4 aromatic carbocycles. The summed E-state index contributed by atoms with van der Waals surface area (Å²) in [5.41, 5.74) is 4.60. The van der Waals surface area contributed by atoms with Gasteiger partial charge >= 0.3 is 6.03 Å². The monoisotopic (exact) mass is 543 g/mol. The van der Waals surface area contributed by atoms with Gasteiger partial charge in [-0.05, 0) is 55.0 Å². The Bertz CT molecular complexity index is 1820. The molecule has 1 aliphatic heterocycles. The van der Waals surface area contributed by atoms with Gasteiger partial charge in [0.25, 0.3) is 5.91 Å². The van der Waals surface area contributed by atoms with E-state index in [1.165, 1.54) is 6.07 Å². The lowest BCUT2D eigenvalue weighted by molar-refractivity contribution is -0.120. The molecule has 3 amide bonds. The Hall–Kier alpha value is -5.37. The molecule has 0 aliphatic carbocycles. The first kappa shape index (κ1) is 25.9. The van der Waals surface area contributed by atoms with Gasteiger partial charge in [-0.2, -0.15) is 0 Å². The molecule has 41 heavy (non-hydrogen) atoms. The Morgan fingerprint density at radius 3 is 2.46 bits per heavy atom. The van der Waals surface area contributed by atoms with Gasteiger partial charge in [-0.25, -0.2) is 14.2 Å². The average molecular weight is 544 g/mol. The summed E-state index contributed by atoms with van der Waals surface area (Å²) in [6, 6.07) is 31.7. The number of urea groups is 1. The zero-order valence-electron chi connectivity index (χ0n) is 22.2. The number of anilines is 2. The highest BCUT2D eigenvalue weighted by molar-refractivity contribution is 6.20. The molecule has 2 heterocycles. The number of aryl methyl sites for hydroxylation is 1. The maximum atomic E-state index is 15.1. The predicted molar refractivity (Wildman–Crippen MR) is 159 cm³/mol. The van der Waals surface area contributed by atoms with Crippen molar-refractivity contribution in [3.8, 4) is 0 Å². The minimum Gasteiger partial charge on any atom is -0.308 e. The van der Waals surface area contributed by atoms with Crippen LogP contribution in [0.2, 0.25) is 0 Å². The second-order valence-electron chi connectivity index (χ2n) is 9.76. The first-order valence-electron chi connectivity index (χ1n) is 13.2. The van der Waals surface area contributed by atoms with Gasteiger partial charge in [0.1, 0.15) is 5.82 Å². The molecule has 0 spiro atoms. The second-order valence-corrected chi connectivity index (χ2v) is 9.76. The van der Waals surface area contributed by atoms with E-state index in [-0.39, 0.29) is 17.8 Å². The lowest BCUT2D eigenvalue weighted by Crippen LogP contribution is -2.48. The van der Waals surface area contributed by atoms with Crippen molar-refractivity contribution in [2.45, 2.75) is 19.6 Å². The third kappa shape index (κ3) is 5.40. The number of pyridine rings is 1. The average Bonchev–Trinajstić information content (AvgIpc) is 3.08. The number of para-hydroxylation sites is 2. The lowest BCUT2D eigenvalue weighted by Gasteiger charge is -2.25. The van der Waals surface area contributed by atoms with Crippen molar-refractivity contribution in [1.29, 1.82) is 0 Å². The summed E-state index contributed by atoms with van der Waals surface area (Å²) in [5, 5.41) is 6.45. The molecule has 0 bridgehead atoms. The number of hydrogen-bond acceptors (Lipinski definition) is 4. The number of nitrogens with one attached hydrogen (secondary N) is 2. The van der Waals surface area contributed by atoms with Crippen LogP contribution >= 0.6 is 0 Å². The number of carbonyl (C=O) groups excluding carboxylic acids is 2. The third-order valence-electron chi connectivity index (χ3n) is 6.86. The lowest BCUT2D eigenvalue weighted by atomic mass is 9.99. The molecule has 1 aliphatic rings. The van der Waals surface area contributed by atoms with Crippen LogP contribution in [-0.4, -0.2) is 28.8 Å². The Labute approximate surface area is 236 Å². The molecule has 0 saturated carbocycles. The van der Waals surface area contributed by atoms with Gasteiger partial charge in [-0.1, -0.05) is 66.7 Å². The number of benzodiazepines with no additional fused rings is 1. The highest BCUT2D eigenvalue weighted by Gasteiger charge is 2.34. The van der Waals surface area contributed by atoms with Crippen LogP contribution in [0.5, 0.6) is 0 Å². The molecule has 0 saturated heterocycles. The fraction of sp³-hybridized carbons (Fsp3) is 0.0909. The van der Waals surface area contributed by atoms with E-state index in [0.717, 1.165) is 16.5 Å². The third-order valence-corrected chi connectivity index (χ3v) is 6.86. The molecule has 2 N–H and O–H groups in total. The van der Waals surface area contributed by atoms with E-state index < -0.39 is 23.9 Å². The molecule has 0 fully saturated rings. The van der Waals surface area contributed by atoms with E-state index in [9.17, 15) is 9.59 Å². The number of hydrogen-bond donors (Lipinski definition) is 2. The van der Waals surface area contributed by atoms with Gasteiger partial charge < -0.3 is 15.5 Å². The Kier molecular flexibility index (Phi) is 6.95. The summed E-state index contributed by atoms with van der Waals surface area (Å²) in [4.78, 5) is 38.2. The first-order chi connectivity index (χ1) is 20.0. The summed E-state index contributed by atoms with van der Waals surface area (Å²) in [5.74, 6) is -0.959. The van der Waals surface area contributed by atoms with Crippen LogP contribution in [-0.2, 0) is 11.3 Å². The highest BCUT2D eigenvalue weighted by atomic mass is 19.1. The van der Waals surface area contributed by atoms with Gasteiger partial charge in [0.2, 0.25) is 6.17 Å². The molecule has 6 rings (SSSR count). The molecule has 7 nitrogen and oxygen atoms in total. The van der Waals surface area contributed by atoms with Crippen LogP contribution < -0.4 is 15.5 Å². The van der Waals surface area contributed by atoms with Gasteiger partial charge in [0, 0.05) is 22.2 Å². The van der Waals surface area contributed by atoms with Crippen molar-refractivity contribution in [1.82, 2.24) is 10.3 Å². The van der Waals surface area contributed by atoms with Crippen LogP contribution in [0.1, 0.15) is 22.4 Å².